The van der Waals surface area contributed by atoms with E-state index in [4.69, 9.17) is 26.7 Å². The summed E-state index contributed by atoms with van der Waals surface area (Å²) in [5.41, 5.74) is 7.08. The summed E-state index contributed by atoms with van der Waals surface area (Å²) in [6.07, 6.45) is 7.45. The molecule has 1 aromatic heterocycles. The number of anilines is 1. The fourth-order valence-electron chi connectivity index (χ4n) is 4.51. The molecule has 1 saturated carbocycles. The molecule has 1 heterocycles. The number of benzene rings is 1. The number of Topliss-reactive ketones (excluding diaryl/α,β-unsaturated/α-hetero) is 1. The second kappa shape index (κ2) is 12.0. The van der Waals surface area contributed by atoms with Crippen LogP contribution in [0.4, 0.5) is 5.82 Å². The molecule has 196 valence electrons. The minimum Gasteiger partial charge on any atom is -0.367 e. The molecule has 0 saturated heterocycles. The van der Waals surface area contributed by atoms with Crippen LogP contribution >= 0.6 is 24.2 Å². The molecule has 12 heteroatoms. The number of nitrogens with zero attached hydrogens (tertiary/aromatic N) is 2. The van der Waals surface area contributed by atoms with Crippen molar-refractivity contribution in [2.75, 3.05) is 11.9 Å². The molecule has 1 aromatic carbocycles. The van der Waals surface area contributed by atoms with Crippen molar-refractivity contribution in [1.82, 2.24) is 9.97 Å². The number of ketones is 1. The third-order valence-electron chi connectivity index (χ3n) is 6.56. The first-order chi connectivity index (χ1) is 16.9. The molecule has 0 radical (unpaired) electrons. The predicted molar refractivity (Wildman–Crippen MR) is 144 cm³/mol. The Morgan fingerprint density at radius 1 is 1.42 bits per heavy atom. The summed E-state index contributed by atoms with van der Waals surface area (Å²) in [6.45, 7) is 3.93. The molecule has 2 aromatic rings. The number of hydrogen-bond acceptors (Lipinski definition) is 9. The number of nitrogens with one attached hydrogen (secondary N) is 1. The smallest absolute Gasteiger partial charge is 0.333 e. The first-order valence-corrected chi connectivity index (χ1v) is 13.9. The van der Waals surface area contributed by atoms with Gasteiger partial charge in [-0.05, 0) is 62.1 Å². The molecular formula is C24H32ClN5O4S2. The third-order valence-corrected chi connectivity index (χ3v) is 7.61. The number of aromatic nitrogens is 2. The quantitative estimate of drug-likeness (QED) is 0.186. The van der Waals surface area contributed by atoms with Gasteiger partial charge in [0.15, 0.2) is 0 Å². The second-order valence-electron chi connectivity index (χ2n) is 9.27. The van der Waals surface area contributed by atoms with Crippen LogP contribution in [0.25, 0.3) is 0 Å². The maximum absolute atomic E-state index is 13.4. The van der Waals surface area contributed by atoms with E-state index < -0.39 is 15.8 Å². The van der Waals surface area contributed by atoms with Crippen LogP contribution in [0.5, 0.6) is 0 Å². The Kier molecular flexibility index (Phi) is 9.53. The predicted octanol–water partition coefficient (Wildman–Crippen LogP) is 3.83. The lowest BCUT2D eigenvalue weighted by molar-refractivity contribution is 0.104. The van der Waals surface area contributed by atoms with Crippen molar-refractivity contribution in [2.24, 2.45) is 22.7 Å². The Bertz CT molecular complexity index is 1220. The van der Waals surface area contributed by atoms with Crippen molar-refractivity contribution in [3.8, 4) is 0 Å². The summed E-state index contributed by atoms with van der Waals surface area (Å²) in [6, 6.07) is 7.37. The van der Waals surface area contributed by atoms with Crippen LogP contribution in [-0.4, -0.2) is 36.8 Å². The van der Waals surface area contributed by atoms with Crippen molar-refractivity contribution in [3.05, 3.63) is 63.9 Å². The first-order valence-electron chi connectivity index (χ1n) is 11.6. The Labute approximate surface area is 222 Å². The zero-order valence-electron chi connectivity index (χ0n) is 20.2. The van der Waals surface area contributed by atoms with Gasteiger partial charge in [0.25, 0.3) is 0 Å². The SMILES string of the molecule is CCC(/C=C(\S)C(=O)c1cncnc1N[C@H]1CC[C@@H](COS(N)(=O)=O)C1)C(C)(N)c1cccc(Cl)c1. The van der Waals surface area contributed by atoms with Gasteiger partial charge in [-0.25, -0.2) is 15.1 Å². The van der Waals surface area contributed by atoms with E-state index in [1.807, 2.05) is 32.0 Å². The van der Waals surface area contributed by atoms with E-state index in [2.05, 4.69) is 27.9 Å². The summed E-state index contributed by atoms with van der Waals surface area (Å²) in [7, 11) is -3.97. The average molecular weight is 554 g/mol. The van der Waals surface area contributed by atoms with Crippen LogP contribution in [0.1, 0.15) is 55.5 Å². The van der Waals surface area contributed by atoms with Crippen LogP contribution < -0.4 is 16.2 Å². The van der Waals surface area contributed by atoms with E-state index in [0.29, 0.717) is 29.2 Å². The Morgan fingerprint density at radius 2 is 2.17 bits per heavy atom. The van der Waals surface area contributed by atoms with Crippen molar-refractivity contribution < 1.29 is 17.4 Å². The van der Waals surface area contributed by atoms with Crippen molar-refractivity contribution in [2.45, 2.75) is 51.1 Å². The fourth-order valence-corrected chi connectivity index (χ4v) is 5.38. The van der Waals surface area contributed by atoms with E-state index in [0.717, 1.165) is 18.4 Å². The van der Waals surface area contributed by atoms with E-state index >= 15 is 0 Å². The molecular weight excluding hydrogens is 522 g/mol. The maximum Gasteiger partial charge on any atom is 0.333 e. The van der Waals surface area contributed by atoms with Crippen LogP contribution in [0.15, 0.2) is 47.8 Å². The number of carbonyl (C=O) groups is 1. The van der Waals surface area contributed by atoms with E-state index in [1.165, 1.54) is 12.5 Å². The van der Waals surface area contributed by atoms with Gasteiger partial charge in [-0.3, -0.25) is 8.98 Å². The highest BCUT2D eigenvalue weighted by molar-refractivity contribution is 7.85. The highest BCUT2D eigenvalue weighted by Crippen LogP contribution is 2.34. The second-order valence-corrected chi connectivity index (χ2v) is 11.4. The van der Waals surface area contributed by atoms with Gasteiger partial charge >= 0.3 is 10.3 Å². The van der Waals surface area contributed by atoms with Crippen LogP contribution in [0, 0.1) is 11.8 Å². The summed E-state index contributed by atoms with van der Waals surface area (Å²) < 4.78 is 26.8. The monoisotopic (exact) mass is 553 g/mol. The molecule has 9 nitrogen and oxygen atoms in total. The molecule has 1 aliphatic rings. The molecule has 36 heavy (non-hydrogen) atoms. The number of nitrogens with two attached hydrogens (primary N) is 2. The highest BCUT2D eigenvalue weighted by Gasteiger charge is 2.31. The number of halogens is 1. The lowest BCUT2D eigenvalue weighted by atomic mass is 9.78. The minimum absolute atomic E-state index is 0.00794. The average Bonchev–Trinajstić information content (AvgIpc) is 3.27. The van der Waals surface area contributed by atoms with Crippen LogP contribution in [0.3, 0.4) is 0 Å². The normalized spacial score (nSPS) is 21.1. The Balaban J connectivity index is 1.75. The molecule has 5 N–H and O–H groups in total. The van der Waals surface area contributed by atoms with Crippen molar-refractivity contribution in [3.63, 3.8) is 0 Å². The minimum atomic E-state index is -3.97. The van der Waals surface area contributed by atoms with Crippen molar-refractivity contribution in [1.29, 1.82) is 0 Å². The lowest BCUT2D eigenvalue weighted by Gasteiger charge is -2.33. The number of allylic oxidation sites excluding steroid dienone is 1. The van der Waals surface area contributed by atoms with Crippen LogP contribution in [-0.2, 0) is 20.0 Å². The van der Waals surface area contributed by atoms with Gasteiger partial charge in [0, 0.05) is 27.7 Å². The van der Waals surface area contributed by atoms with Gasteiger partial charge in [-0.15, -0.1) is 12.6 Å². The largest absolute Gasteiger partial charge is 0.367 e. The summed E-state index contributed by atoms with van der Waals surface area (Å²) in [4.78, 5) is 21.9. The lowest BCUT2D eigenvalue weighted by Crippen LogP contribution is -2.40. The van der Waals surface area contributed by atoms with E-state index in [-0.39, 0.29) is 35.2 Å². The molecule has 0 aliphatic heterocycles. The summed E-state index contributed by atoms with van der Waals surface area (Å²) >= 11 is 10.7. The number of hydrogen-bond donors (Lipinski definition) is 4. The molecule has 4 atom stereocenters. The standard InChI is InChI=1S/C24H32ClN5O4S2/c1-3-16(24(2,26)17-5-4-6-18(25)10-17)11-21(35)22(31)20-12-28-14-29-23(20)30-19-8-7-15(9-19)13-34-36(27,32)33/h4-6,10-12,14-16,19,35H,3,7-9,13,26H2,1-2H3,(H2,27,32,33)(H,28,29,30)/b21-11-/t15-,16?,19+,24?/m1/s1. The van der Waals surface area contributed by atoms with Gasteiger partial charge in [0.05, 0.1) is 12.2 Å². The fraction of sp³-hybridized carbons (Fsp3) is 0.458. The summed E-state index contributed by atoms with van der Waals surface area (Å²) in [5.74, 6) is -0.0932. The van der Waals surface area contributed by atoms with E-state index in [9.17, 15) is 13.2 Å². The van der Waals surface area contributed by atoms with Crippen molar-refractivity contribution >= 4 is 46.1 Å². The number of rotatable bonds is 11. The maximum atomic E-state index is 13.4. The zero-order chi connectivity index (χ0) is 26.5. The van der Waals surface area contributed by atoms with Crippen LogP contribution in [0.2, 0.25) is 5.02 Å². The molecule has 0 amide bonds. The number of thiol groups is 1. The molecule has 0 bridgehead atoms. The van der Waals surface area contributed by atoms with Gasteiger partial charge in [-0.2, -0.15) is 8.42 Å². The third kappa shape index (κ3) is 7.50. The Hall–Kier alpha value is -2.02. The molecule has 1 aliphatic carbocycles. The highest BCUT2D eigenvalue weighted by atomic mass is 35.5. The Morgan fingerprint density at radius 3 is 2.83 bits per heavy atom. The van der Waals surface area contributed by atoms with Gasteiger partial charge in [-0.1, -0.05) is 36.7 Å². The zero-order valence-corrected chi connectivity index (χ0v) is 22.7. The van der Waals surface area contributed by atoms with Gasteiger partial charge in [0.1, 0.15) is 12.1 Å². The van der Waals surface area contributed by atoms with Gasteiger partial charge in [0.2, 0.25) is 5.78 Å². The summed E-state index contributed by atoms with van der Waals surface area (Å²) in [5, 5.41) is 8.80. The van der Waals surface area contributed by atoms with E-state index in [1.54, 1.807) is 12.1 Å². The molecule has 3 rings (SSSR count). The molecule has 0 spiro atoms. The molecule has 1 fully saturated rings. The number of carbonyl (C=O) groups excluding carboxylic acids is 1. The topological polar surface area (TPSA) is 150 Å². The molecule has 2 unspecified atom stereocenters. The first kappa shape index (κ1) is 28.5. The van der Waals surface area contributed by atoms with Gasteiger partial charge < -0.3 is 11.1 Å².